The Labute approximate surface area is 193 Å². The first-order valence-corrected chi connectivity index (χ1v) is 10.7. The average molecular weight is 476 g/mol. The zero-order chi connectivity index (χ0) is 24.1. The Bertz CT molecular complexity index is 1150. The number of aromatic carboxylic acids is 1. The van der Waals surface area contributed by atoms with E-state index in [-0.39, 0.29) is 17.6 Å². The van der Waals surface area contributed by atoms with Crippen LogP contribution in [-0.4, -0.2) is 65.4 Å². The summed E-state index contributed by atoms with van der Waals surface area (Å²) < 4.78 is 49.5. The van der Waals surface area contributed by atoms with Crippen molar-refractivity contribution in [1.29, 1.82) is 0 Å². The predicted octanol–water partition coefficient (Wildman–Crippen LogP) is 3.67. The number of anilines is 1. The van der Waals surface area contributed by atoms with Crippen molar-refractivity contribution in [3.8, 4) is 5.75 Å². The topological polar surface area (TPSA) is 96.8 Å². The van der Waals surface area contributed by atoms with Gasteiger partial charge in [0.1, 0.15) is 24.5 Å². The fourth-order valence-corrected chi connectivity index (χ4v) is 3.64. The minimum Gasteiger partial charge on any atom is -0.492 e. The number of halogens is 3. The first kappa shape index (κ1) is 23.7. The molecule has 2 heterocycles. The summed E-state index contributed by atoms with van der Waals surface area (Å²) in [5.41, 5.74) is 0.0849. The third-order valence-corrected chi connectivity index (χ3v) is 5.46. The van der Waals surface area contributed by atoms with Crippen LogP contribution < -0.4 is 10.1 Å². The lowest BCUT2D eigenvalue weighted by Gasteiger charge is -2.26. The van der Waals surface area contributed by atoms with Crippen LogP contribution in [0.1, 0.15) is 21.5 Å². The molecule has 11 heteroatoms. The molecule has 1 aliphatic heterocycles. The van der Waals surface area contributed by atoms with Crippen LogP contribution in [0.5, 0.6) is 5.75 Å². The Hall–Kier alpha value is -3.44. The molecule has 0 radical (unpaired) electrons. The number of fused-ring (bicyclic) bond motifs is 1. The van der Waals surface area contributed by atoms with Crippen LogP contribution in [0, 0.1) is 0 Å². The number of aromatic nitrogens is 2. The summed E-state index contributed by atoms with van der Waals surface area (Å²) in [4.78, 5) is 22.4. The number of alkyl halides is 3. The standard InChI is InChI=1S/C23H23F3N4O4/c24-23(25,26)16-3-1-15(2-4-16)13-27-21-18-11-17(34-10-7-30-5-8-33-9-6-30)12-19(22(31)32)20(18)28-14-29-21/h1-4,11-12,14H,5-10,13H2,(H,31,32)(H,27,28,29). The quantitative estimate of drug-likeness (QED) is 0.509. The van der Waals surface area contributed by atoms with E-state index in [9.17, 15) is 23.1 Å². The molecule has 1 aliphatic rings. The minimum atomic E-state index is -4.40. The molecule has 3 aromatic rings. The highest BCUT2D eigenvalue weighted by Gasteiger charge is 2.29. The highest BCUT2D eigenvalue weighted by Crippen LogP contribution is 2.30. The van der Waals surface area contributed by atoms with Crippen LogP contribution in [0.4, 0.5) is 19.0 Å². The molecule has 0 unspecified atom stereocenters. The maximum Gasteiger partial charge on any atom is 0.416 e. The number of carbonyl (C=O) groups is 1. The normalized spacial score (nSPS) is 14.8. The van der Waals surface area contributed by atoms with E-state index in [1.54, 1.807) is 6.07 Å². The molecule has 0 saturated carbocycles. The van der Waals surface area contributed by atoms with Crippen molar-refractivity contribution in [3.63, 3.8) is 0 Å². The fraction of sp³-hybridized carbons (Fsp3) is 0.348. The molecule has 8 nitrogen and oxygen atoms in total. The third-order valence-electron chi connectivity index (χ3n) is 5.46. The number of hydrogen-bond donors (Lipinski definition) is 2. The molecule has 0 bridgehead atoms. The van der Waals surface area contributed by atoms with Gasteiger partial charge in [-0.3, -0.25) is 4.90 Å². The number of nitrogens with one attached hydrogen (secondary N) is 1. The number of ether oxygens (including phenoxy) is 2. The number of benzene rings is 2. The Morgan fingerprint density at radius 3 is 2.56 bits per heavy atom. The monoisotopic (exact) mass is 476 g/mol. The van der Waals surface area contributed by atoms with Crippen molar-refractivity contribution in [2.24, 2.45) is 0 Å². The van der Waals surface area contributed by atoms with Crippen LogP contribution in [-0.2, 0) is 17.5 Å². The molecule has 1 fully saturated rings. The largest absolute Gasteiger partial charge is 0.492 e. The first-order chi connectivity index (χ1) is 16.3. The summed E-state index contributed by atoms with van der Waals surface area (Å²) in [5, 5.41) is 13.2. The number of carboxylic acid groups (broad SMARTS) is 1. The molecule has 0 spiro atoms. The van der Waals surface area contributed by atoms with Gasteiger partial charge in [0.2, 0.25) is 0 Å². The summed E-state index contributed by atoms with van der Waals surface area (Å²) in [6.45, 7) is 4.20. The number of rotatable bonds is 8. The van der Waals surface area contributed by atoms with Gasteiger partial charge in [0, 0.05) is 31.6 Å². The Morgan fingerprint density at radius 1 is 1.15 bits per heavy atom. The van der Waals surface area contributed by atoms with Crippen molar-refractivity contribution < 1.29 is 32.5 Å². The first-order valence-electron chi connectivity index (χ1n) is 10.7. The molecule has 1 aromatic heterocycles. The molecule has 0 aliphatic carbocycles. The SMILES string of the molecule is O=C(O)c1cc(OCCN2CCOCC2)cc2c(NCc3ccc(C(F)(F)F)cc3)ncnc12. The van der Waals surface area contributed by atoms with Gasteiger partial charge in [-0.1, -0.05) is 12.1 Å². The lowest BCUT2D eigenvalue weighted by Crippen LogP contribution is -2.38. The van der Waals surface area contributed by atoms with Crippen LogP contribution in [0.3, 0.4) is 0 Å². The number of carboxylic acids is 1. The van der Waals surface area contributed by atoms with Gasteiger partial charge in [0.25, 0.3) is 0 Å². The third kappa shape index (κ3) is 5.72. The fourth-order valence-electron chi connectivity index (χ4n) is 3.64. The van der Waals surface area contributed by atoms with E-state index in [1.165, 1.54) is 24.5 Å². The summed E-state index contributed by atoms with van der Waals surface area (Å²) in [6, 6.07) is 7.87. The molecule has 4 rings (SSSR count). The maximum atomic E-state index is 12.8. The molecule has 0 atom stereocenters. The second-order valence-corrected chi connectivity index (χ2v) is 7.75. The van der Waals surface area contributed by atoms with Gasteiger partial charge in [-0.05, 0) is 29.8 Å². The highest BCUT2D eigenvalue weighted by molar-refractivity contribution is 6.05. The number of nitrogens with zero attached hydrogens (tertiary/aromatic N) is 3. The zero-order valence-corrected chi connectivity index (χ0v) is 18.1. The van der Waals surface area contributed by atoms with Crippen molar-refractivity contribution >= 4 is 22.7 Å². The Kier molecular flexibility index (Phi) is 7.13. The molecule has 1 saturated heterocycles. The van der Waals surface area contributed by atoms with Gasteiger partial charge in [0.15, 0.2) is 0 Å². The van der Waals surface area contributed by atoms with E-state index in [0.717, 1.165) is 25.2 Å². The number of hydrogen-bond acceptors (Lipinski definition) is 7. The summed E-state index contributed by atoms with van der Waals surface area (Å²) in [7, 11) is 0. The zero-order valence-electron chi connectivity index (χ0n) is 18.1. The lowest BCUT2D eigenvalue weighted by atomic mass is 10.1. The van der Waals surface area contributed by atoms with Crippen LogP contribution in [0.15, 0.2) is 42.7 Å². The van der Waals surface area contributed by atoms with Crippen molar-refractivity contribution in [2.75, 3.05) is 44.8 Å². The van der Waals surface area contributed by atoms with Gasteiger partial charge >= 0.3 is 12.1 Å². The molecule has 34 heavy (non-hydrogen) atoms. The molecule has 0 amide bonds. The van der Waals surface area contributed by atoms with E-state index >= 15 is 0 Å². The molecule has 180 valence electrons. The molecule has 2 aromatic carbocycles. The van der Waals surface area contributed by atoms with Crippen LogP contribution in [0.2, 0.25) is 0 Å². The van der Waals surface area contributed by atoms with E-state index < -0.39 is 17.7 Å². The summed E-state index contributed by atoms with van der Waals surface area (Å²) in [6.07, 6.45) is -3.16. The van der Waals surface area contributed by atoms with E-state index in [1.807, 2.05) is 0 Å². The Balaban J connectivity index is 1.52. The maximum absolute atomic E-state index is 12.8. The summed E-state index contributed by atoms with van der Waals surface area (Å²) in [5.74, 6) is -0.437. The minimum absolute atomic E-state index is 0.0288. The van der Waals surface area contributed by atoms with Crippen LogP contribution >= 0.6 is 0 Å². The van der Waals surface area contributed by atoms with Crippen LogP contribution in [0.25, 0.3) is 10.9 Å². The Morgan fingerprint density at radius 2 is 1.88 bits per heavy atom. The van der Waals surface area contributed by atoms with Gasteiger partial charge in [-0.2, -0.15) is 13.2 Å². The van der Waals surface area contributed by atoms with Gasteiger partial charge in [-0.15, -0.1) is 0 Å². The molecular weight excluding hydrogens is 453 g/mol. The van der Waals surface area contributed by atoms with Crippen molar-refractivity contribution in [1.82, 2.24) is 14.9 Å². The summed E-state index contributed by atoms with van der Waals surface area (Å²) >= 11 is 0. The number of morpholine rings is 1. The average Bonchev–Trinajstić information content (AvgIpc) is 2.82. The second-order valence-electron chi connectivity index (χ2n) is 7.75. The molecule has 2 N–H and O–H groups in total. The van der Waals surface area contributed by atoms with Crippen molar-refractivity contribution in [3.05, 3.63) is 59.4 Å². The lowest BCUT2D eigenvalue weighted by molar-refractivity contribution is -0.137. The van der Waals surface area contributed by atoms with Gasteiger partial charge in [0.05, 0.1) is 29.9 Å². The second kappa shape index (κ2) is 10.2. The van der Waals surface area contributed by atoms with Crippen molar-refractivity contribution in [2.45, 2.75) is 12.7 Å². The van der Waals surface area contributed by atoms with E-state index in [2.05, 4.69) is 20.2 Å². The predicted molar refractivity (Wildman–Crippen MR) is 118 cm³/mol. The van der Waals surface area contributed by atoms with Gasteiger partial charge in [-0.25, -0.2) is 14.8 Å². The highest BCUT2D eigenvalue weighted by atomic mass is 19.4. The molecular formula is C23H23F3N4O4. The van der Waals surface area contributed by atoms with E-state index in [4.69, 9.17) is 9.47 Å². The van der Waals surface area contributed by atoms with E-state index in [0.29, 0.717) is 48.9 Å². The van der Waals surface area contributed by atoms with Gasteiger partial charge < -0.3 is 19.9 Å². The smallest absolute Gasteiger partial charge is 0.416 e.